The van der Waals surface area contributed by atoms with Crippen molar-refractivity contribution in [1.29, 1.82) is 0 Å². The summed E-state index contributed by atoms with van der Waals surface area (Å²) in [6.45, 7) is 5.44. The summed E-state index contributed by atoms with van der Waals surface area (Å²) in [5, 5.41) is 7.46. The third-order valence-electron chi connectivity index (χ3n) is 8.35. The van der Waals surface area contributed by atoms with Crippen molar-refractivity contribution in [3.05, 3.63) is 163 Å². The van der Waals surface area contributed by atoms with Gasteiger partial charge in [-0.3, -0.25) is 0 Å². The van der Waals surface area contributed by atoms with Crippen molar-refractivity contribution in [3.8, 4) is 5.75 Å². The number of hydrogen-bond acceptors (Lipinski definition) is 5. The zero-order valence-corrected chi connectivity index (χ0v) is 24.1. The van der Waals surface area contributed by atoms with Crippen LogP contribution in [-0.4, -0.2) is 12.6 Å². The van der Waals surface area contributed by atoms with E-state index in [9.17, 15) is 0 Å². The Kier molecular flexibility index (Phi) is 7.45. The highest BCUT2D eigenvalue weighted by Gasteiger charge is 2.35. The highest BCUT2D eigenvalue weighted by molar-refractivity contribution is 5.78. The lowest BCUT2D eigenvalue weighted by Crippen LogP contribution is -2.41. The number of hydrogen-bond donors (Lipinski definition) is 2. The summed E-state index contributed by atoms with van der Waals surface area (Å²) in [7, 11) is 0. The van der Waals surface area contributed by atoms with Gasteiger partial charge in [-0.05, 0) is 59.5 Å². The van der Waals surface area contributed by atoms with Gasteiger partial charge in [-0.25, -0.2) is 0 Å². The van der Waals surface area contributed by atoms with Gasteiger partial charge >= 0.3 is 0 Å². The maximum Gasteiger partial charge on any atom is 0.126 e. The number of fused-ring (bicyclic) bond motifs is 2. The fraction of sp³-hybridized carbons (Fsp3) is 0.158. The molecular formula is C38H36N4O. The third-order valence-corrected chi connectivity index (χ3v) is 8.35. The van der Waals surface area contributed by atoms with E-state index in [4.69, 9.17) is 4.74 Å². The highest BCUT2D eigenvalue weighted by Crippen LogP contribution is 2.44. The topological polar surface area (TPSA) is 39.8 Å². The van der Waals surface area contributed by atoms with Crippen LogP contribution in [0.2, 0.25) is 0 Å². The first kappa shape index (κ1) is 26.7. The van der Waals surface area contributed by atoms with E-state index < -0.39 is 0 Å². The minimum atomic E-state index is 0.0280. The Morgan fingerprint density at radius 2 is 1.23 bits per heavy atom. The average Bonchev–Trinajstić information content (AvgIpc) is 3.63. The Labute approximate surface area is 254 Å². The van der Waals surface area contributed by atoms with E-state index in [-0.39, 0.29) is 18.4 Å². The zero-order valence-electron chi connectivity index (χ0n) is 24.1. The van der Waals surface area contributed by atoms with E-state index in [1.807, 2.05) is 6.08 Å². The lowest BCUT2D eigenvalue weighted by Gasteiger charge is -2.34. The number of anilines is 4. The molecule has 5 nitrogen and oxygen atoms in total. The molecule has 2 aliphatic rings. The average molecular weight is 565 g/mol. The maximum absolute atomic E-state index is 6.48. The molecule has 3 unspecified atom stereocenters. The molecule has 0 saturated heterocycles. The molecule has 5 aromatic carbocycles. The first-order valence-electron chi connectivity index (χ1n) is 15.0. The van der Waals surface area contributed by atoms with Crippen LogP contribution >= 0.6 is 0 Å². The molecule has 0 aromatic heterocycles. The lowest BCUT2D eigenvalue weighted by molar-refractivity contribution is 0.277. The van der Waals surface area contributed by atoms with Crippen molar-refractivity contribution < 1.29 is 4.74 Å². The molecule has 0 bridgehead atoms. The first-order chi connectivity index (χ1) is 21.3. The Hall–Kier alpha value is -5.16. The molecule has 0 saturated carbocycles. The minimum Gasteiger partial charge on any atom is -0.491 e. The Morgan fingerprint density at radius 1 is 0.651 bits per heavy atom. The number of ether oxygens (including phenoxy) is 1. The van der Waals surface area contributed by atoms with Crippen molar-refractivity contribution in [1.82, 2.24) is 0 Å². The highest BCUT2D eigenvalue weighted by atomic mass is 16.5. The molecule has 5 heteroatoms. The second-order valence-corrected chi connectivity index (χ2v) is 11.1. The number of nitrogens with one attached hydrogen (secondary N) is 2. The Bertz CT molecular complexity index is 1670. The van der Waals surface area contributed by atoms with Crippen LogP contribution in [-0.2, 0) is 6.54 Å². The molecule has 3 atom stereocenters. The molecule has 214 valence electrons. The van der Waals surface area contributed by atoms with Crippen molar-refractivity contribution >= 4 is 22.7 Å². The standard InChI is InChI=1S/C38H36N4O/c1-2-13-31(42-36-21-12-10-19-34(36)40-38(42)29-16-7-4-8-17-29)27-43-32-24-22-30(23-25-32)37-39-33-18-9-11-20-35(33)41(37)26-28-14-5-3-6-15-28/h2-12,14-25,31,37-40H,1,13,26-27H2. The van der Waals surface area contributed by atoms with E-state index in [0.29, 0.717) is 6.61 Å². The van der Waals surface area contributed by atoms with Crippen molar-refractivity contribution in [3.63, 3.8) is 0 Å². The smallest absolute Gasteiger partial charge is 0.126 e. The molecule has 5 aromatic rings. The number of rotatable bonds is 10. The minimum absolute atomic E-state index is 0.0280. The van der Waals surface area contributed by atoms with Crippen molar-refractivity contribution in [2.75, 3.05) is 27.0 Å². The fourth-order valence-electron chi connectivity index (χ4n) is 6.29. The zero-order chi connectivity index (χ0) is 29.0. The van der Waals surface area contributed by atoms with Gasteiger partial charge in [0.2, 0.25) is 0 Å². The molecule has 0 fully saturated rings. The second-order valence-electron chi connectivity index (χ2n) is 11.1. The SMILES string of the molecule is C=CCC(COc1ccc(C2Nc3ccccc3N2Cc2ccccc2)cc1)N1c2ccccc2NC1c1ccccc1. The Morgan fingerprint density at radius 3 is 1.95 bits per heavy atom. The van der Waals surface area contributed by atoms with Crippen LogP contribution < -0.4 is 25.2 Å². The second kappa shape index (κ2) is 12.0. The van der Waals surface area contributed by atoms with Gasteiger partial charge < -0.3 is 25.2 Å². The van der Waals surface area contributed by atoms with Gasteiger partial charge in [0, 0.05) is 6.54 Å². The summed E-state index contributed by atoms with van der Waals surface area (Å²) in [5.74, 6) is 0.861. The predicted molar refractivity (Wildman–Crippen MR) is 178 cm³/mol. The summed E-state index contributed by atoms with van der Waals surface area (Å²) in [5.41, 5.74) is 8.41. The molecule has 2 heterocycles. The van der Waals surface area contributed by atoms with Gasteiger partial charge in [0.15, 0.2) is 0 Å². The Balaban J connectivity index is 1.10. The molecular weight excluding hydrogens is 528 g/mol. The predicted octanol–water partition coefficient (Wildman–Crippen LogP) is 8.77. The van der Waals surface area contributed by atoms with E-state index in [1.165, 1.54) is 28.1 Å². The lowest BCUT2D eigenvalue weighted by atomic mass is 10.1. The van der Waals surface area contributed by atoms with Gasteiger partial charge in [0.05, 0.1) is 28.8 Å². The van der Waals surface area contributed by atoms with Crippen LogP contribution in [0.5, 0.6) is 5.75 Å². The molecule has 2 aliphatic heterocycles. The van der Waals surface area contributed by atoms with Crippen LogP contribution in [0, 0.1) is 0 Å². The van der Waals surface area contributed by atoms with E-state index >= 15 is 0 Å². The summed E-state index contributed by atoms with van der Waals surface area (Å²) < 4.78 is 6.48. The number of benzene rings is 5. The fourth-order valence-corrected chi connectivity index (χ4v) is 6.29. The molecule has 43 heavy (non-hydrogen) atoms. The van der Waals surface area contributed by atoms with Crippen LogP contribution in [0.25, 0.3) is 0 Å². The molecule has 0 radical (unpaired) electrons. The van der Waals surface area contributed by atoms with E-state index in [0.717, 1.165) is 30.1 Å². The van der Waals surface area contributed by atoms with Crippen LogP contribution in [0.4, 0.5) is 22.7 Å². The van der Waals surface area contributed by atoms with Gasteiger partial charge in [-0.15, -0.1) is 6.58 Å². The molecule has 0 aliphatic carbocycles. The van der Waals surface area contributed by atoms with Crippen molar-refractivity contribution in [2.24, 2.45) is 0 Å². The van der Waals surface area contributed by atoms with Crippen LogP contribution in [0.3, 0.4) is 0 Å². The quantitative estimate of drug-likeness (QED) is 0.166. The monoisotopic (exact) mass is 564 g/mol. The third kappa shape index (κ3) is 5.42. The summed E-state index contributed by atoms with van der Waals surface area (Å²) in [6.07, 6.45) is 2.86. The molecule has 2 N–H and O–H groups in total. The largest absolute Gasteiger partial charge is 0.491 e. The van der Waals surface area contributed by atoms with Crippen LogP contribution in [0.15, 0.2) is 146 Å². The summed E-state index contributed by atoms with van der Waals surface area (Å²) >= 11 is 0. The maximum atomic E-state index is 6.48. The van der Waals surface area contributed by atoms with Gasteiger partial charge in [-0.1, -0.05) is 103 Å². The molecule has 0 amide bonds. The number of nitrogens with zero attached hydrogens (tertiary/aromatic N) is 2. The van der Waals surface area contributed by atoms with Crippen LogP contribution in [0.1, 0.15) is 35.4 Å². The normalized spacial score (nSPS) is 17.4. The van der Waals surface area contributed by atoms with Gasteiger partial charge in [0.1, 0.15) is 24.7 Å². The van der Waals surface area contributed by atoms with E-state index in [1.54, 1.807) is 0 Å². The summed E-state index contributed by atoms with van der Waals surface area (Å²) in [6, 6.07) is 46.9. The van der Waals surface area contributed by atoms with E-state index in [2.05, 4.69) is 160 Å². The van der Waals surface area contributed by atoms with Crippen molar-refractivity contribution in [2.45, 2.75) is 31.3 Å². The summed E-state index contributed by atoms with van der Waals surface area (Å²) in [4.78, 5) is 4.88. The molecule has 0 spiro atoms. The van der Waals surface area contributed by atoms with Gasteiger partial charge in [-0.2, -0.15) is 0 Å². The molecule has 7 rings (SSSR count). The first-order valence-corrected chi connectivity index (χ1v) is 15.0. The number of para-hydroxylation sites is 4. The van der Waals surface area contributed by atoms with Gasteiger partial charge in [0.25, 0.3) is 0 Å².